The third-order valence-corrected chi connectivity index (χ3v) is 3.36. The molecule has 0 saturated heterocycles. The van der Waals surface area contributed by atoms with Crippen molar-refractivity contribution in [3.63, 3.8) is 0 Å². The first kappa shape index (κ1) is 15.1. The van der Waals surface area contributed by atoms with Crippen LogP contribution in [0.1, 0.15) is 25.3 Å². The summed E-state index contributed by atoms with van der Waals surface area (Å²) in [5, 5.41) is 3.13. The van der Waals surface area contributed by atoms with Crippen molar-refractivity contribution in [3.05, 3.63) is 30.1 Å². The second-order valence-electron chi connectivity index (χ2n) is 4.93. The monoisotopic (exact) mass is 287 g/mol. The van der Waals surface area contributed by atoms with Crippen molar-refractivity contribution in [2.45, 2.75) is 19.8 Å². The molecule has 21 heavy (non-hydrogen) atoms. The molecule has 0 unspecified atom stereocenters. The zero-order chi connectivity index (χ0) is 15.4. The fourth-order valence-corrected chi connectivity index (χ4v) is 2.43. The van der Waals surface area contributed by atoms with Crippen molar-refractivity contribution in [1.29, 1.82) is 0 Å². The van der Waals surface area contributed by atoms with Crippen LogP contribution in [-0.2, 0) is 0 Å². The van der Waals surface area contributed by atoms with Crippen LogP contribution in [0.4, 0.5) is 5.82 Å². The van der Waals surface area contributed by atoms with E-state index in [0.717, 1.165) is 22.6 Å². The van der Waals surface area contributed by atoms with E-state index in [-0.39, 0.29) is 5.92 Å². The van der Waals surface area contributed by atoms with Gasteiger partial charge in [0.1, 0.15) is 12.1 Å². The van der Waals surface area contributed by atoms with Crippen LogP contribution in [0.15, 0.2) is 24.5 Å². The van der Waals surface area contributed by atoms with Crippen LogP contribution in [0.25, 0.3) is 11.3 Å². The first-order valence-electron chi connectivity index (χ1n) is 6.88. The highest BCUT2D eigenvalue weighted by molar-refractivity contribution is 5.76. The molecule has 5 heteroatoms. The quantitative estimate of drug-likeness (QED) is 0.914. The SMILES string of the molecule is CNc1ncnc(-c2cccc(OC)c2OC)c1C(C)C. The minimum absolute atomic E-state index is 0.277. The van der Waals surface area contributed by atoms with Crippen molar-refractivity contribution < 1.29 is 9.47 Å². The predicted molar refractivity (Wildman–Crippen MR) is 84.2 cm³/mol. The third kappa shape index (κ3) is 2.77. The van der Waals surface area contributed by atoms with Gasteiger partial charge in [0.2, 0.25) is 0 Å². The van der Waals surface area contributed by atoms with Crippen LogP contribution >= 0.6 is 0 Å². The molecule has 0 spiro atoms. The first-order valence-corrected chi connectivity index (χ1v) is 6.88. The Morgan fingerprint density at radius 2 is 1.86 bits per heavy atom. The summed E-state index contributed by atoms with van der Waals surface area (Å²) in [6, 6.07) is 5.79. The molecule has 112 valence electrons. The van der Waals surface area contributed by atoms with Gasteiger partial charge in [0.15, 0.2) is 11.5 Å². The maximum atomic E-state index is 5.52. The lowest BCUT2D eigenvalue weighted by atomic mass is 9.96. The van der Waals surface area contributed by atoms with E-state index < -0.39 is 0 Å². The average Bonchev–Trinajstić information content (AvgIpc) is 2.52. The van der Waals surface area contributed by atoms with Gasteiger partial charge in [-0.3, -0.25) is 0 Å². The van der Waals surface area contributed by atoms with Crippen molar-refractivity contribution in [2.75, 3.05) is 26.6 Å². The Morgan fingerprint density at radius 1 is 1.10 bits per heavy atom. The number of nitrogens with zero attached hydrogens (tertiary/aromatic N) is 2. The number of aromatic nitrogens is 2. The molecule has 1 aromatic heterocycles. The van der Waals surface area contributed by atoms with Gasteiger partial charge in [0.05, 0.1) is 19.9 Å². The summed E-state index contributed by atoms with van der Waals surface area (Å²) in [7, 11) is 5.13. The fourth-order valence-electron chi connectivity index (χ4n) is 2.43. The highest BCUT2D eigenvalue weighted by Gasteiger charge is 2.20. The lowest BCUT2D eigenvalue weighted by Gasteiger charge is -2.18. The molecule has 0 amide bonds. The molecule has 0 saturated carbocycles. The summed E-state index contributed by atoms with van der Waals surface area (Å²) < 4.78 is 10.9. The Kier molecular flexibility index (Phi) is 4.62. The van der Waals surface area contributed by atoms with E-state index in [4.69, 9.17) is 9.47 Å². The first-order chi connectivity index (χ1) is 10.1. The molecular weight excluding hydrogens is 266 g/mol. The Morgan fingerprint density at radius 3 is 2.43 bits per heavy atom. The average molecular weight is 287 g/mol. The second kappa shape index (κ2) is 6.43. The largest absolute Gasteiger partial charge is 0.493 e. The Balaban J connectivity index is 2.73. The maximum absolute atomic E-state index is 5.52. The number of para-hydroxylation sites is 1. The van der Waals surface area contributed by atoms with Crippen LogP contribution in [0, 0.1) is 0 Å². The van der Waals surface area contributed by atoms with Crippen molar-refractivity contribution in [2.24, 2.45) is 0 Å². The molecule has 0 aliphatic rings. The van der Waals surface area contributed by atoms with Crippen LogP contribution in [0.5, 0.6) is 11.5 Å². The van der Waals surface area contributed by atoms with Gasteiger partial charge in [-0.15, -0.1) is 0 Å². The summed E-state index contributed by atoms with van der Waals surface area (Å²) in [4.78, 5) is 8.78. The molecule has 1 N–H and O–H groups in total. The van der Waals surface area contributed by atoms with Crippen molar-refractivity contribution in [3.8, 4) is 22.8 Å². The van der Waals surface area contributed by atoms with E-state index in [0.29, 0.717) is 11.5 Å². The standard InChI is InChI=1S/C16H21N3O2/c1-10(2)13-14(18-9-19-16(13)17-3)11-7-6-8-12(20-4)15(11)21-5/h6-10H,1-5H3,(H,17,18,19). The van der Waals surface area contributed by atoms with Gasteiger partial charge in [-0.2, -0.15) is 0 Å². The number of benzene rings is 1. The Bertz CT molecular complexity index is 627. The fraction of sp³-hybridized carbons (Fsp3) is 0.375. The van der Waals surface area contributed by atoms with Crippen LogP contribution < -0.4 is 14.8 Å². The van der Waals surface area contributed by atoms with Gasteiger partial charge in [0, 0.05) is 18.2 Å². The highest BCUT2D eigenvalue weighted by Crippen LogP contribution is 2.41. The zero-order valence-corrected chi connectivity index (χ0v) is 13.1. The summed E-state index contributed by atoms with van der Waals surface area (Å²) in [6.07, 6.45) is 1.56. The van der Waals surface area contributed by atoms with Crippen molar-refractivity contribution >= 4 is 5.82 Å². The predicted octanol–water partition coefficient (Wildman–Crippen LogP) is 3.33. The lowest BCUT2D eigenvalue weighted by molar-refractivity contribution is 0.356. The molecular formula is C16H21N3O2. The number of methoxy groups -OCH3 is 2. The summed E-state index contributed by atoms with van der Waals surface area (Å²) in [6.45, 7) is 4.24. The van der Waals surface area contributed by atoms with E-state index in [2.05, 4.69) is 29.1 Å². The van der Waals surface area contributed by atoms with E-state index in [9.17, 15) is 0 Å². The zero-order valence-electron chi connectivity index (χ0n) is 13.1. The minimum Gasteiger partial charge on any atom is -0.493 e. The number of nitrogens with one attached hydrogen (secondary N) is 1. The summed E-state index contributed by atoms with van der Waals surface area (Å²) >= 11 is 0. The van der Waals surface area contributed by atoms with Gasteiger partial charge in [-0.1, -0.05) is 19.9 Å². The van der Waals surface area contributed by atoms with E-state index >= 15 is 0 Å². The van der Waals surface area contributed by atoms with Crippen molar-refractivity contribution in [1.82, 2.24) is 9.97 Å². The van der Waals surface area contributed by atoms with Gasteiger partial charge in [-0.25, -0.2) is 9.97 Å². The van der Waals surface area contributed by atoms with Crippen LogP contribution in [0.3, 0.4) is 0 Å². The lowest BCUT2D eigenvalue weighted by Crippen LogP contribution is -2.05. The molecule has 0 fully saturated rings. The Labute approximate surface area is 125 Å². The molecule has 0 aliphatic carbocycles. The van der Waals surface area contributed by atoms with E-state index in [1.165, 1.54) is 0 Å². The molecule has 5 nitrogen and oxygen atoms in total. The molecule has 0 atom stereocenters. The summed E-state index contributed by atoms with van der Waals surface area (Å²) in [5.41, 5.74) is 2.83. The number of ether oxygens (including phenoxy) is 2. The molecule has 2 aromatic rings. The van der Waals surface area contributed by atoms with Gasteiger partial charge >= 0.3 is 0 Å². The number of rotatable bonds is 5. The molecule has 0 bridgehead atoms. The van der Waals surface area contributed by atoms with E-state index in [1.54, 1.807) is 20.5 Å². The molecule has 2 rings (SSSR count). The van der Waals surface area contributed by atoms with Gasteiger partial charge in [-0.05, 0) is 18.1 Å². The topological polar surface area (TPSA) is 56.3 Å². The molecule has 0 aliphatic heterocycles. The smallest absolute Gasteiger partial charge is 0.170 e. The van der Waals surface area contributed by atoms with Gasteiger partial charge < -0.3 is 14.8 Å². The maximum Gasteiger partial charge on any atom is 0.170 e. The normalized spacial score (nSPS) is 10.6. The third-order valence-electron chi connectivity index (χ3n) is 3.36. The minimum atomic E-state index is 0.277. The number of anilines is 1. The number of hydrogen-bond donors (Lipinski definition) is 1. The molecule has 0 radical (unpaired) electrons. The van der Waals surface area contributed by atoms with Gasteiger partial charge in [0.25, 0.3) is 0 Å². The highest BCUT2D eigenvalue weighted by atomic mass is 16.5. The molecule has 1 aromatic carbocycles. The number of hydrogen-bond acceptors (Lipinski definition) is 5. The Hall–Kier alpha value is -2.30. The molecule has 1 heterocycles. The van der Waals surface area contributed by atoms with Crippen LogP contribution in [0.2, 0.25) is 0 Å². The summed E-state index contributed by atoms with van der Waals surface area (Å²) in [5.74, 6) is 2.48. The van der Waals surface area contributed by atoms with E-state index in [1.807, 2.05) is 25.2 Å². The second-order valence-corrected chi connectivity index (χ2v) is 4.93. The van der Waals surface area contributed by atoms with Crippen LogP contribution in [-0.4, -0.2) is 31.2 Å².